The van der Waals surface area contributed by atoms with Gasteiger partial charge in [-0.15, -0.1) is 0 Å². The largest absolute Gasteiger partial charge is 0.396 e. The van der Waals surface area contributed by atoms with Crippen LogP contribution >= 0.6 is 0 Å². The number of ether oxygens (including phenoxy) is 1. The summed E-state index contributed by atoms with van der Waals surface area (Å²) in [6, 6.07) is 0. The lowest BCUT2D eigenvalue weighted by Gasteiger charge is -2.29. The van der Waals surface area contributed by atoms with Crippen LogP contribution in [-0.2, 0) is 9.53 Å². The molecule has 0 aromatic carbocycles. The monoisotopic (exact) mass is 260 g/mol. The second kappa shape index (κ2) is 10.3. The minimum atomic E-state index is -0.0491. The van der Waals surface area contributed by atoms with E-state index in [0.717, 1.165) is 19.4 Å². The van der Waals surface area contributed by atoms with Crippen LogP contribution in [0.1, 0.15) is 33.1 Å². The molecule has 0 rings (SSSR count). The van der Waals surface area contributed by atoms with Gasteiger partial charge < -0.3 is 20.5 Å². The molecule has 108 valence electrons. The molecule has 0 unspecified atom stereocenters. The third-order valence-electron chi connectivity index (χ3n) is 3.49. The van der Waals surface area contributed by atoms with E-state index in [1.54, 1.807) is 7.11 Å². The van der Waals surface area contributed by atoms with Crippen LogP contribution in [0.15, 0.2) is 0 Å². The van der Waals surface area contributed by atoms with E-state index in [1.807, 2.05) is 0 Å². The van der Waals surface area contributed by atoms with Crippen LogP contribution in [0.5, 0.6) is 0 Å². The van der Waals surface area contributed by atoms with Crippen LogP contribution in [0.2, 0.25) is 0 Å². The highest BCUT2D eigenvalue weighted by molar-refractivity contribution is 5.75. The van der Waals surface area contributed by atoms with Gasteiger partial charge in [0.15, 0.2) is 0 Å². The first-order chi connectivity index (χ1) is 8.64. The van der Waals surface area contributed by atoms with Gasteiger partial charge in [0.1, 0.15) is 0 Å². The Bertz CT molecular complexity index is 210. The van der Waals surface area contributed by atoms with E-state index in [2.05, 4.69) is 24.5 Å². The van der Waals surface area contributed by atoms with Gasteiger partial charge in [-0.3, -0.25) is 4.79 Å². The topological polar surface area (TPSA) is 70.6 Å². The summed E-state index contributed by atoms with van der Waals surface area (Å²) in [5.74, 6) is 0.0298. The normalized spacial score (nSPS) is 11.6. The molecule has 0 aromatic rings. The smallest absolute Gasteiger partial charge is 0.221 e. The van der Waals surface area contributed by atoms with Crippen LogP contribution in [0, 0.1) is 5.41 Å². The van der Waals surface area contributed by atoms with Crippen molar-refractivity contribution >= 4 is 5.91 Å². The molecule has 0 saturated heterocycles. The fraction of sp³-hybridized carbons (Fsp3) is 0.923. The molecule has 3 N–H and O–H groups in total. The molecule has 0 spiro atoms. The van der Waals surface area contributed by atoms with Crippen molar-refractivity contribution in [1.29, 1.82) is 0 Å². The van der Waals surface area contributed by atoms with E-state index in [4.69, 9.17) is 4.74 Å². The van der Waals surface area contributed by atoms with E-state index in [9.17, 15) is 9.90 Å². The van der Waals surface area contributed by atoms with Crippen molar-refractivity contribution in [3.05, 3.63) is 0 Å². The van der Waals surface area contributed by atoms with Gasteiger partial charge in [-0.05, 0) is 12.8 Å². The second-order valence-electron chi connectivity index (χ2n) is 4.63. The maximum atomic E-state index is 11.4. The quantitative estimate of drug-likeness (QED) is 0.474. The third kappa shape index (κ3) is 6.93. The number of carbonyl (C=O) groups excluding carboxylic acids is 1. The Kier molecular flexibility index (Phi) is 9.92. The van der Waals surface area contributed by atoms with Crippen LogP contribution < -0.4 is 10.6 Å². The number of rotatable bonds is 11. The van der Waals surface area contributed by atoms with Crippen LogP contribution in [0.3, 0.4) is 0 Å². The summed E-state index contributed by atoms with van der Waals surface area (Å²) in [7, 11) is 1.61. The number of nitrogens with one attached hydrogen (secondary N) is 2. The highest BCUT2D eigenvalue weighted by Crippen LogP contribution is 2.24. The molecule has 0 bridgehead atoms. The fourth-order valence-electron chi connectivity index (χ4n) is 1.72. The van der Waals surface area contributed by atoms with E-state index in [0.29, 0.717) is 26.1 Å². The van der Waals surface area contributed by atoms with Crippen molar-refractivity contribution in [3.8, 4) is 0 Å². The van der Waals surface area contributed by atoms with Crippen LogP contribution in [0.4, 0.5) is 0 Å². The first kappa shape index (κ1) is 17.4. The zero-order valence-corrected chi connectivity index (χ0v) is 11.9. The Morgan fingerprint density at radius 2 is 1.94 bits per heavy atom. The lowest BCUT2D eigenvalue weighted by molar-refractivity contribution is -0.121. The Balaban J connectivity index is 3.68. The summed E-state index contributed by atoms with van der Waals surface area (Å²) in [5.41, 5.74) is -0.0491. The lowest BCUT2D eigenvalue weighted by atomic mass is 9.83. The maximum Gasteiger partial charge on any atom is 0.221 e. The van der Waals surface area contributed by atoms with Gasteiger partial charge in [0.05, 0.1) is 6.61 Å². The van der Waals surface area contributed by atoms with E-state index >= 15 is 0 Å². The zero-order valence-electron chi connectivity index (χ0n) is 11.9. The van der Waals surface area contributed by atoms with E-state index in [-0.39, 0.29) is 17.9 Å². The van der Waals surface area contributed by atoms with Crippen molar-refractivity contribution < 1.29 is 14.6 Å². The number of methoxy groups -OCH3 is 1. The summed E-state index contributed by atoms with van der Waals surface area (Å²) >= 11 is 0. The van der Waals surface area contributed by atoms with Gasteiger partial charge in [-0.25, -0.2) is 0 Å². The van der Waals surface area contributed by atoms with E-state index < -0.39 is 0 Å². The molecule has 1 amide bonds. The lowest BCUT2D eigenvalue weighted by Crippen LogP contribution is -2.38. The van der Waals surface area contributed by atoms with Gasteiger partial charge in [0, 0.05) is 45.2 Å². The number of hydrogen-bond acceptors (Lipinski definition) is 4. The van der Waals surface area contributed by atoms with Gasteiger partial charge >= 0.3 is 0 Å². The predicted molar refractivity (Wildman–Crippen MR) is 72.5 cm³/mol. The SMILES string of the molecule is CCC(CC)(CO)CNCCC(=O)NCCOC. The molecule has 0 atom stereocenters. The molecule has 5 nitrogen and oxygen atoms in total. The standard InChI is InChI=1S/C13H28N2O3/c1-4-13(5-2,11-16)10-14-7-6-12(17)15-8-9-18-3/h14,16H,4-11H2,1-3H3,(H,15,17). The fourth-order valence-corrected chi connectivity index (χ4v) is 1.72. The van der Waals surface area contributed by atoms with Gasteiger partial charge in [-0.1, -0.05) is 13.8 Å². The molecule has 5 heteroatoms. The molecule has 0 fully saturated rings. The van der Waals surface area contributed by atoms with Crippen molar-refractivity contribution in [3.63, 3.8) is 0 Å². The molecule has 0 radical (unpaired) electrons. The number of hydrogen-bond donors (Lipinski definition) is 3. The summed E-state index contributed by atoms with van der Waals surface area (Å²) in [5, 5.41) is 15.4. The average molecular weight is 260 g/mol. The highest BCUT2D eigenvalue weighted by Gasteiger charge is 2.24. The molecule has 0 aromatic heterocycles. The second-order valence-corrected chi connectivity index (χ2v) is 4.63. The number of carbonyl (C=O) groups is 1. The molecular weight excluding hydrogens is 232 g/mol. The molecule has 0 heterocycles. The summed E-state index contributed by atoms with van der Waals surface area (Å²) < 4.78 is 4.85. The zero-order chi connectivity index (χ0) is 13.9. The van der Waals surface area contributed by atoms with Crippen molar-refractivity contribution in [2.45, 2.75) is 33.1 Å². The summed E-state index contributed by atoms with van der Waals surface area (Å²) in [6.45, 7) is 6.84. The van der Waals surface area contributed by atoms with Crippen molar-refractivity contribution in [2.75, 3.05) is 40.0 Å². The van der Waals surface area contributed by atoms with Crippen molar-refractivity contribution in [2.24, 2.45) is 5.41 Å². The molecule has 18 heavy (non-hydrogen) atoms. The maximum absolute atomic E-state index is 11.4. The first-order valence-corrected chi connectivity index (χ1v) is 6.71. The first-order valence-electron chi connectivity index (χ1n) is 6.71. The molecule has 0 saturated carbocycles. The molecule has 0 aliphatic carbocycles. The minimum Gasteiger partial charge on any atom is -0.396 e. The molecular formula is C13H28N2O3. The Morgan fingerprint density at radius 1 is 1.28 bits per heavy atom. The minimum absolute atomic E-state index is 0.0298. The highest BCUT2D eigenvalue weighted by atomic mass is 16.5. The van der Waals surface area contributed by atoms with Crippen molar-refractivity contribution in [1.82, 2.24) is 10.6 Å². The Hall–Kier alpha value is -0.650. The average Bonchev–Trinajstić information content (AvgIpc) is 2.40. The summed E-state index contributed by atoms with van der Waals surface area (Å²) in [6.07, 6.45) is 2.33. The van der Waals surface area contributed by atoms with E-state index in [1.165, 1.54) is 0 Å². The predicted octanol–water partition coefficient (Wildman–Crippen LogP) is 0.527. The number of aliphatic hydroxyl groups excluding tert-OH is 1. The molecule has 0 aliphatic heterocycles. The third-order valence-corrected chi connectivity index (χ3v) is 3.49. The summed E-state index contributed by atoms with van der Waals surface area (Å²) in [4.78, 5) is 11.4. The van der Waals surface area contributed by atoms with Gasteiger partial charge in [0.25, 0.3) is 0 Å². The molecule has 0 aliphatic rings. The number of aliphatic hydroxyl groups is 1. The van der Waals surface area contributed by atoms with Crippen LogP contribution in [-0.4, -0.2) is 51.0 Å². The number of amides is 1. The van der Waals surface area contributed by atoms with Crippen LogP contribution in [0.25, 0.3) is 0 Å². The van der Waals surface area contributed by atoms with Gasteiger partial charge in [0.2, 0.25) is 5.91 Å². The Morgan fingerprint density at radius 3 is 2.44 bits per heavy atom. The Labute approximate surface area is 110 Å². The van der Waals surface area contributed by atoms with Gasteiger partial charge in [-0.2, -0.15) is 0 Å².